The van der Waals surface area contributed by atoms with Crippen LogP contribution < -0.4 is 5.32 Å². The molecule has 0 saturated heterocycles. The van der Waals surface area contributed by atoms with Crippen LogP contribution >= 0.6 is 11.8 Å². The second-order valence-corrected chi connectivity index (χ2v) is 7.24. The van der Waals surface area contributed by atoms with Gasteiger partial charge in [0.1, 0.15) is 5.76 Å². The number of hydrogen-bond donors (Lipinski definition) is 1. The lowest BCUT2D eigenvalue weighted by Crippen LogP contribution is -2.16. The van der Waals surface area contributed by atoms with Gasteiger partial charge in [-0.25, -0.2) is 9.97 Å². The molecular formula is C20H19N3O2S. The molecule has 26 heavy (non-hydrogen) atoms. The van der Waals surface area contributed by atoms with Crippen LogP contribution in [0.4, 0.5) is 5.95 Å². The van der Waals surface area contributed by atoms with E-state index in [0.29, 0.717) is 11.7 Å². The van der Waals surface area contributed by atoms with E-state index in [1.54, 1.807) is 17.8 Å². The van der Waals surface area contributed by atoms with Crippen molar-refractivity contribution >= 4 is 23.6 Å². The average molecular weight is 365 g/mol. The van der Waals surface area contributed by atoms with Crippen molar-refractivity contribution in [2.24, 2.45) is 0 Å². The van der Waals surface area contributed by atoms with Crippen molar-refractivity contribution in [2.45, 2.75) is 36.3 Å². The summed E-state index contributed by atoms with van der Waals surface area (Å²) in [5.41, 5.74) is 2.23. The molecule has 5 nitrogen and oxygen atoms in total. The van der Waals surface area contributed by atoms with Crippen LogP contribution in [-0.4, -0.2) is 15.9 Å². The molecule has 1 amide bonds. The number of thioether (sulfide) groups is 1. The monoisotopic (exact) mass is 365 g/mol. The summed E-state index contributed by atoms with van der Waals surface area (Å²) < 4.78 is 5.66. The first-order valence-electron chi connectivity index (χ1n) is 8.70. The second-order valence-electron chi connectivity index (χ2n) is 6.19. The molecule has 6 heteroatoms. The lowest BCUT2D eigenvalue weighted by molar-refractivity contribution is 0.0994. The van der Waals surface area contributed by atoms with Crippen LogP contribution in [0.3, 0.4) is 0 Å². The van der Waals surface area contributed by atoms with E-state index in [0.717, 1.165) is 35.6 Å². The maximum atomic E-state index is 12.4. The molecule has 0 unspecified atom stereocenters. The van der Waals surface area contributed by atoms with Crippen LogP contribution in [0.2, 0.25) is 0 Å². The van der Waals surface area contributed by atoms with Crippen molar-refractivity contribution in [3.8, 4) is 0 Å². The molecule has 0 radical (unpaired) electrons. The number of nitrogens with one attached hydrogen (secondary N) is 1. The molecule has 3 aromatic rings. The van der Waals surface area contributed by atoms with Gasteiger partial charge in [-0.2, -0.15) is 0 Å². The van der Waals surface area contributed by atoms with E-state index in [4.69, 9.17) is 4.42 Å². The van der Waals surface area contributed by atoms with Gasteiger partial charge in [-0.15, -0.1) is 11.8 Å². The van der Waals surface area contributed by atoms with E-state index in [-0.39, 0.29) is 11.7 Å². The number of rotatable bonds is 5. The molecule has 4 rings (SSSR count). The fourth-order valence-electron chi connectivity index (χ4n) is 2.95. The zero-order valence-corrected chi connectivity index (χ0v) is 15.1. The number of hydrogen-bond acceptors (Lipinski definition) is 5. The lowest BCUT2D eigenvalue weighted by atomic mass is 9.98. The van der Waals surface area contributed by atoms with Gasteiger partial charge in [-0.3, -0.25) is 10.1 Å². The van der Waals surface area contributed by atoms with Crippen LogP contribution in [0.1, 0.15) is 40.4 Å². The van der Waals surface area contributed by atoms with Gasteiger partial charge in [0.05, 0.1) is 5.75 Å². The molecule has 2 aromatic heterocycles. The SMILES string of the molecule is O=C(Nc1ncc2c(n1)CCCC2)c1ccc(CSc2ccccc2)o1. The molecule has 0 spiro atoms. The third kappa shape index (κ3) is 3.96. The zero-order valence-electron chi connectivity index (χ0n) is 14.3. The molecule has 1 N–H and O–H groups in total. The number of amides is 1. The summed E-state index contributed by atoms with van der Waals surface area (Å²) >= 11 is 1.67. The van der Waals surface area contributed by atoms with Crippen LogP contribution in [0.15, 0.2) is 58.0 Å². The number of nitrogens with zero attached hydrogens (tertiary/aromatic N) is 2. The Morgan fingerprint density at radius 1 is 1.12 bits per heavy atom. The molecule has 132 valence electrons. The maximum Gasteiger partial charge on any atom is 0.293 e. The minimum atomic E-state index is -0.322. The molecule has 1 aliphatic carbocycles. The fourth-order valence-corrected chi connectivity index (χ4v) is 3.76. The number of anilines is 1. The molecule has 0 saturated carbocycles. The number of fused-ring (bicyclic) bond motifs is 1. The first kappa shape index (κ1) is 16.8. The van der Waals surface area contributed by atoms with Crippen LogP contribution in [0.5, 0.6) is 0 Å². The van der Waals surface area contributed by atoms with E-state index >= 15 is 0 Å². The number of aromatic nitrogens is 2. The zero-order chi connectivity index (χ0) is 17.8. The van der Waals surface area contributed by atoms with Gasteiger partial charge in [0, 0.05) is 16.8 Å². The Hall–Kier alpha value is -2.60. The minimum absolute atomic E-state index is 0.273. The summed E-state index contributed by atoms with van der Waals surface area (Å²) in [5, 5.41) is 2.73. The first-order valence-corrected chi connectivity index (χ1v) is 9.69. The van der Waals surface area contributed by atoms with E-state index < -0.39 is 0 Å². The van der Waals surface area contributed by atoms with Crippen molar-refractivity contribution in [1.29, 1.82) is 0 Å². The number of carbonyl (C=O) groups is 1. The van der Waals surface area contributed by atoms with Crippen molar-refractivity contribution < 1.29 is 9.21 Å². The smallest absolute Gasteiger partial charge is 0.293 e. The topological polar surface area (TPSA) is 68.0 Å². The summed E-state index contributed by atoms with van der Waals surface area (Å²) in [6, 6.07) is 13.6. The van der Waals surface area contributed by atoms with Gasteiger partial charge < -0.3 is 4.42 Å². The second kappa shape index (κ2) is 7.74. The van der Waals surface area contributed by atoms with Crippen LogP contribution in [0.25, 0.3) is 0 Å². The largest absolute Gasteiger partial charge is 0.455 e. The van der Waals surface area contributed by atoms with E-state index in [1.807, 2.05) is 30.5 Å². The lowest BCUT2D eigenvalue weighted by Gasteiger charge is -2.14. The van der Waals surface area contributed by atoms with Gasteiger partial charge in [0.25, 0.3) is 5.91 Å². The molecule has 1 aromatic carbocycles. The van der Waals surface area contributed by atoms with E-state index in [2.05, 4.69) is 27.4 Å². The van der Waals surface area contributed by atoms with Gasteiger partial charge in [-0.1, -0.05) is 18.2 Å². The summed E-state index contributed by atoms with van der Waals surface area (Å²) in [4.78, 5) is 22.3. The number of carbonyl (C=O) groups excluding carboxylic acids is 1. The molecule has 1 aliphatic rings. The molecule has 0 atom stereocenters. The average Bonchev–Trinajstić information content (AvgIpc) is 3.16. The Labute approximate surface area is 156 Å². The quantitative estimate of drug-likeness (QED) is 0.675. The highest BCUT2D eigenvalue weighted by Gasteiger charge is 2.16. The maximum absolute atomic E-state index is 12.4. The van der Waals surface area contributed by atoms with Crippen LogP contribution in [-0.2, 0) is 18.6 Å². The number of furan rings is 1. The molecular weight excluding hydrogens is 346 g/mol. The summed E-state index contributed by atoms with van der Waals surface area (Å²) in [5.74, 6) is 1.72. The number of aryl methyl sites for hydroxylation is 2. The Kier molecular flexibility index (Phi) is 5.02. The molecule has 0 bridgehead atoms. The fraction of sp³-hybridized carbons (Fsp3) is 0.250. The molecule has 2 heterocycles. The van der Waals surface area contributed by atoms with E-state index in [1.165, 1.54) is 12.0 Å². The highest BCUT2D eigenvalue weighted by atomic mass is 32.2. The normalized spacial score (nSPS) is 13.2. The van der Waals surface area contributed by atoms with Gasteiger partial charge in [0.2, 0.25) is 5.95 Å². The molecule has 0 aliphatic heterocycles. The van der Waals surface area contributed by atoms with Crippen molar-refractivity contribution in [3.05, 3.63) is 71.4 Å². The summed E-state index contributed by atoms with van der Waals surface area (Å²) in [6.07, 6.45) is 6.10. The Bertz CT molecular complexity index is 908. The van der Waals surface area contributed by atoms with Crippen LogP contribution in [0, 0.1) is 0 Å². The third-order valence-corrected chi connectivity index (χ3v) is 5.33. The predicted molar refractivity (Wildman–Crippen MR) is 101 cm³/mol. The van der Waals surface area contributed by atoms with Crippen molar-refractivity contribution in [3.63, 3.8) is 0 Å². The summed E-state index contributed by atoms with van der Waals surface area (Å²) in [7, 11) is 0. The van der Waals surface area contributed by atoms with Crippen molar-refractivity contribution in [1.82, 2.24) is 9.97 Å². The van der Waals surface area contributed by atoms with Gasteiger partial charge in [-0.05, 0) is 55.5 Å². The first-order chi connectivity index (χ1) is 12.8. The van der Waals surface area contributed by atoms with Gasteiger partial charge in [0.15, 0.2) is 5.76 Å². The highest BCUT2D eigenvalue weighted by Crippen LogP contribution is 2.24. The summed E-state index contributed by atoms with van der Waals surface area (Å²) in [6.45, 7) is 0. The van der Waals surface area contributed by atoms with Crippen molar-refractivity contribution in [2.75, 3.05) is 5.32 Å². The predicted octanol–water partition coefficient (Wildman–Crippen LogP) is 4.49. The number of benzene rings is 1. The Balaban J connectivity index is 1.38. The minimum Gasteiger partial charge on any atom is -0.455 e. The molecule has 0 fully saturated rings. The Morgan fingerprint density at radius 3 is 2.85 bits per heavy atom. The van der Waals surface area contributed by atoms with E-state index in [9.17, 15) is 4.79 Å². The third-order valence-electron chi connectivity index (χ3n) is 4.30. The highest BCUT2D eigenvalue weighted by molar-refractivity contribution is 7.98. The van der Waals surface area contributed by atoms with Gasteiger partial charge >= 0.3 is 0 Å². The standard InChI is InChI=1S/C20H19N3O2S/c24-19(23-20-21-12-14-6-4-5-9-17(14)22-20)18-11-10-15(25-18)13-26-16-7-2-1-3-8-16/h1-3,7-8,10-12H,4-6,9,13H2,(H,21,22,23,24). The Morgan fingerprint density at radius 2 is 1.96 bits per heavy atom.